The van der Waals surface area contributed by atoms with Crippen molar-refractivity contribution in [3.05, 3.63) is 65.6 Å². The van der Waals surface area contributed by atoms with Gasteiger partial charge in [0.25, 0.3) is 0 Å². The number of nitrogens with zero attached hydrogens (tertiary/aromatic N) is 3. The fourth-order valence-corrected chi connectivity index (χ4v) is 3.61. The van der Waals surface area contributed by atoms with Gasteiger partial charge in [-0.05, 0) is 43.3 Å². The molecule has 0 atom stereocenters. The second kappa shape index (κ2) is 7.14. The fraction of sp³-hybridized carbons (Fsp3) is 0.238. The number of carbonyl (C=O) groups is 1. The molecule has 1 aromatic heterocycles. The number of pyridine rings is 1. The lowest BCUT2D eigenvalue weighted by molar-refractivity contribution is 0.101. The van der Waals surface area contributed by atoms with Crippen LogP contribution in [0.5, 0.6) is 0 Å². The molecule has 0 bridgehead atoms. The van der Waals surface area contributed by atoms with Gasteiger partial charge >= 0.3 is 0 Å². The molecule has 7 heteroatoms. The molecule has 1 fully saturated rings. The molecule has 0 radical (unpaired) electrons. The van der Waals surface area contributed by atoms with Gasteiger partial charge in [-0.3, -0.25) is 9.78 Å². The third-order valence-electron chi connectivity index (χ3n) is 5.09. The van der Waals surface area contributed by atoms with Crippen molar-refractivity contribution in [2.24, 2.45) is 0 Å². The minimum absolute atomic E-state index is 0.00537. The van der Waals surface area contributed by atoms with Crippen LogP contribution < -0.4 is 9.80 Å². The Labute approximate surface area is 160 Å². The number of Topliss-reactive ketones (excluding diaryl/α,β-unsaturated/α-hetero) is 1. The first-order valence-corrected chi connectivity index (χ1v) is 8.99. The van der Waals surface area contributed by atoms with E-state index in [1.165, 1.54) is 19.2 Å². The predicted molar refractivity (Wildman–Crippen MR) is 102 cm³/mol. The molecule has 2 heterocycles. The van der Waals surface area contributed by atoms with Crippen molar-refractivity contribution in [1.82, 2.24) is 4.98 Å². The zero-order chi connectivity index (χ0) is 19.8. The first-order valence-electron chi connectivity index (χ1n) is 8.99. The Morgan fingerprint density at radius 2 is 1.50 bits per heavy atom. The van der Waals surface area contributed by atoms with Gasteiger partial charge in [-0.15, -0.1) is 0 Å². The second-order valence-electron chi connectivity index (χ2n) is 6.78. The molecule has 3 aromatic rings. The SMILES string of the molecule is CC(=O)c1ccc(N2CCN(c3ccnc4c(F)ccc(F)c34)CC2)c(F)c1. The molecule has 1 aliphatic heterocycles. The van der Waals surface area contributed by atoms with Crippen LogP contribution in [-0.4, -0.2) is 36.9 Å². The van der Waals surface area contributed by atoms with E-state index in [2.05, 4.69) is 4.98 Å². The number of anilines is 2. The molecule has 1 aliphatic rings. The largest absolute Gasteiger partial charge is 0.367 e. The van der Waals surface area contributed by atoms with Crippen LogP contribution in [0, 0.1) is 17.5 Å². The molecule has 0 N–H and O–H groups in total. The Bertz CT molecular complexity index is 1060. The molecular formula is C21H18F3N3O. The zero-order valence-corrected chi connectivity index (χ0v) is 15.3. The molecule has 0 aliphatic carbocycles. The zero-order valence-electron chi connectivity index (χ0n) is 15.3. The maximum atomic E-state index is 14.4. The number of rotatable bonds is 3. The summed E-state index contributed by atoms with van der Waals surface area (Å²) < 4.78 is 42.8. The fourth-order valence-electron chi connectivity index (χ4n) is 3.61. The highest BCUT2D eigenvalue weighted by atomic mass is 19.1. The van der Waals surface area contributed by atoms with Crippen LogP contribution in [0.4, 0.5) is 24.5 Å². The predicted octanol–water partition coefficient (Wildman–Crippen LogP) is 4.18. The molecule has 4 nitrogen and oxygen atoms in total. The van der Waals surface area contributed by atoms with E-state index in [0.717, 1.165) is 12.1 Å². The molecule has 2 aromatic carbocycles. The summed E-state index contributed by atoms with van der Waals surface area (Å²) in [4.78, 5) is 19.2. The number of hydrogen-bond donors (Lipinski definition) is 0. The number of ketones is 1. The van der Waals surface area contributed by atoms with Crippen LogP contribution in [0.3, 0.4) is 0 Å². The summed E-state index contributed by atoms with van der Waals surface area (Å²) >= 11 is 0. The standard InChI is InChI=1S/C21H18F3N3O/c1-13(28)14-2-5-18(17(24)12-14)26-8-10-27(11-9-26)19-6-7-25-21-16(23)4-3-15(22)20(19)21/h2-7,12H,8-11H2,1H3. The smallest absolute Gasteiger partial charge is 0.159 e. The van der Waals surface area contributed by atoms with Crippen LogP contribution in [0.2, 0.25) is 0 Å². The van der Waals surface area contributed by atoms with Crippen LogP contribution in [0.25, 0.3) is 10.9 Å². The summed E-state index contributed by atoms with van der Waals surface area (Å²) in [5, 5.41) is 0.160. The average Bonchev–Trinajstić information content (AvgIpc) is 2.70. The Kier molecular flexibility index (Phi) is 4.66. The summed E-state index contributed by atoms with van der Waals surface area (Å²) in [6.45, 7) is 3.45. The molecule has 0 saturated carbocycles. The third-order valence-corrected chi connectivity index (χ3v) is 5.09. The summed E-state index contributed by atoms with van der Waals surface area (Å²) in [6.07, 6.45) is 1.46. The highest BCUT2D eigenvalue weighted by Gasteiger charge is 2.23. The van der Waals surface area contributed by atoms with Crippen molar-refractivity contribution in [3.63, 3.8) is 0 Å². The minimum atomic E-state index is -0.565. The van der Waals surface area contributed by atoms with Crippen LogP contribution in [0.1, 0.15) is 17.3 Å². The van der Waals surface area contributed by atoms with E-state index < -0.39 is 17.5 Å². The van der Waals surface area contributed by atoms with Gasteiger partial charge in [0.2, 0.25) is 0 Å². The van der Waals surface area contributed by atoms with Crippen molar-refractivity contribution < 1.29 is 18.0 Å². The Morgan fingerprint density at radius 3 is 2.14 bits per heavy atom. The maximum Gasteiger partial charge on any atom is 0.159 e. The van der Waals surface area contributed by atoms with Crippen LogP contribution >= 0.6 is 0 Å². The molecule has 144 valence electrons. The van der Waals surface area contributed by atoms with Gasteiger partial charge in [0.1, 0.15) is 23.0 Å². The van der Waals surface area contributed by atoms with E-state index in [1.807, 2.05) is 9.80 Å². The van der Waals surface area contributed by atoms with Crippen molar-refractivity contribution in [2.45, 2.75) is 6.92 Å². The molecule has 0 spiro atoms. The minimum Gasteiger partial charge on any atom is -0.367 e. The third kappa shape index (κ3) is 3.17. The number of aromatic nitrogens is 1. The van der Waals surface area contributed by atoms with Gasteiger partial charge in [-0.1, -0.05) is 0 Å². The van der Waals surface area contributed by atoms with Gasteiger partial charge in [0.05, 0.1) is 16.8 Å². The Balaban J connectivity index is 1.58. The molecule has 1 saturated heterocycles. The second-order valence-corrected chi connectivity index (χ2v) is 6.78. The van der Waals surface area contributed by atoms with Crippen molar-refractivity contribution in [1.29, 1.82) is 0 Å². The van der Waals surface area contributed by atoms with Crippen molar-refractivity contribution in [2.75, 3.05) is 36.0 Å². The average molecular weight is 385 g/mol. The molecule has 0 unspecified atom stereocenters. The van der Waals surface area contributed by atoms with Crippen LogP contribution in [-0.2, 0) is 0 Å². The van der Waals surface area contributed by atoms with E-state index in [1.54, 1.807) is 18.2 Å². The van der Waals surface area contributed by atoms with E-state index in [4.69, 9.17) is 0 Å². The highest BCUT2D eigenvalue weighted by molar-refractivity contribution is 5.94. The molecule has 0 amide bonds. The summed E-state index contributed by atoms with van der Waals surface area (Å²) in [7, 11) is 0. The van der Waals surface area contributed by atoms with Gasteiger partial charge in [0.15, 0.2) is 5.78 Å². The maximum absolute atomic E-state index is 14.4. The number of piperazine rings is 1. The van der Waals surface area contributed by atoms with Crippen LogP contribution in [0.15, 0.2) is 42.6 Å². The van der Waals surface area contributed by atoms with E-state index in [-0.39, 0.29) is 16.7 Å². The van der Waals surface area contributed by atoms with Gasteiger partial charge < -0.3 is 9.80 Å². The van der Waals surface area contributed by atoms with E-state index >= 15 is 0 Å². The first kappa shape index (κ1) is 18.3. The lowest BCUT2D eigenvalue weighted by atomic mass is 10.1. The van der Waals surface area contributed by atoms with Gasteiger partial charge in [-0.25, -0.2) is 13.2 Å². The van der Waals surface area contributed by atoms with Gasteiger partial charge in [0, 0.05) is 37.9 Å². The first-order chi connectivity index (χ1) is 13.5. The van der Waals surface area contributed by atoms with Crippen molar-refractivity contribution in [3.8, 4) is 0 Å². The monoisotopic (exact) mass is 385 g/mol. The number of benzene rings is 2. The topological polar surface area (TPSA) is 36.4 Å². The van der Waals surface area contributed by atoms with Gasteiger partial charge in [-0.2, -0.15) is 0 Å². The summed E-state index contributed by atoms with van der Waals surface area (Å²) in [6, 6.07) is 8.31. The summed E-state index contributed by atoms with van der Waals surface area (Å²) in [5.74, 6) is -1.71. The number of carbonyl (C=O) groups excluding carboxylic acids is 1. The lowest BCUT2D eigenvalue weighted by Gasteiger charge is -2.38. The van der Waals surface area contributed by atoms with E-state index in [0.29, 0.717) is 43.1 Å². The molecular weight excluding hydrogens is 367 g/mol. The summed E-state index contributed by atoms with van der Waals surface area (Å²) in [5.41, 5.74) is 1.35. The van der Waals surface area contributed by atoms with E-state index in [9.17, 15) is 18.0 Å². The highest BCUT2D eigenvalue weighted by Crippen LogP contribution is 2.31. The number of hydrogen-bond acceptors (Lipinski definition) is 4. The Morgan fingerprint density at radius 1 is 0.857 bits per heavy atom. The molecule has 4 rings (SSSR count). The normalized spacial score (nSPS) is 14.6. The molecule has 28 heavy (non-hydrogen) atoms. The van der Waals surface area contributed by atoms with Crippen molar-refractivity contribution >= 4 is 28.1 Å². The quantitative estimate of drug-likeness (QED) is 0.634. The Hall–Kier alpha value is -3.09. The lowest BCUT2D eigenvalue weighted by Crippen LogP contribution is -2.47. The number of halogens is 3. The number of fused-ring (bicyclic) bond motifs is 1.